The second-order valence-corrected chi connectivity index (χ2v) is 6.83. The number of benzene rings is 1. The molecule has 0 radical (unpaired) electrons. The van der Waals surface area contributed by atoms with Gasteiger partial charge in [0.05, 0.1) is 20.8 Å². The number of hydrogen-bond donors (Lipinski definition) is 0. The molecule has 1 saturated heterocycles. The van der Waals surface area contributed by atoms with E-state index in [2.05, 4.69) is 20.9 Å². The first kappa shape index (κ1) is 17.7. The summed E-state index contributed by atoms with van der Waals surface area (Å²) in [6, 6.07) is 6.20. The Labute approximate surface area is 158 Å². The molecule has 142 valence electrons. The van der Waals surface area contributed by atoms with Gasteiger partial charge >= 0.3 is 5.97 Å². The van der Waals surface area contributed by atoms with Gasteiger partial charge in [-0.1, -0.05) is 12.1 Å². The number of carbonyl (C=O) groups is 1. The second kappa shape index (κ2) is 7.15. The van der Waals surface area contributed by atoms with E-state index >= 15 is 0 Å². The highest BCUT2D eigenvalue weighted by Crippen LogP contribution is 2.46. The van der Waals surface area contributed by atoms with Crippen LogP contribution in [-0.4, -0.2) is 49.9 Å². The van der Waals surface area contributed by atoms with E-state index < -0.39 is 5.97 Å². The monoisotopic (exact) mass is 369 g/mol. The summed E-state index contributed by atoms with van der Waals surface area (Å²) in [6.07, 6.45) is 5.46. The Morgan fingerprint density at radius 3 is 2.81 bits per heavy atom. The quantitative estimate of drug-likeness (QED) is 0.769. The van der Waals surface area contributed by atoms with E-state index in [4.69, 9.17) is 14.2 Å². The zero-order valence-corrected chi connectivity index (χ0v) is 15.6. The lowest BCUT2D eigenvalue weighted by molar-refractivity contribution is -0.0780. The first-order chi connectivity index (χ1) is 13.2. The van der Waals surface area contributed by atoms with Gasteiger partial charge in [-0.3, -0.25) is 0 Å². The van der Waals surface area contributed by atoms with Crippen molar-refractivity contribution in [2.45, 2.75) is 24.9 Å². The van der Waals surface area contributed by atoms with Crippen LogP contribution >= 0.6 is 0 Å². The van der Waals surface area contributed by atoms with E-state index in [-0.39, 0.29) is 5.60 Å². The number of piperidine rings is 1. The van der Waals surface area contributed by atoms with Crippen molar-refractivity contribution in [3.63, 3.8) is 0 Å². The average molecular weight is 369 g/mol. The molecule has 4 rings (SSSR count). The third-order valence-electron chi connectivity index (χ3n) is 5.50. The molecule has 2 aromatic rings. The fourth-order valence-corrected chi connectivity index (χ4v) is 4.20. The van der Waals surface area contributed by atoms with Gasteiger partial charge in [-0.15, -0.1) is 0 Å². The van der Waals surface area contributed by atoms with Gasteiger partial charge in [0.25, 0.3) is 0 Å². The van der Waals surface area contributed by atoms with Crippen LogP contribution in [0.1, 0.15) is 34.3 Å². The molecular formula is C20H23N3O4. The maximum Gasteiger partial charge on any atom is 0.343 e. The number of fused-ring (bicyclic) bond motifs is 2. The summed E-state index contributed by atoms with van der Waals surface area (Å²) >= 11 is 0. The molecule has 0 unspecified atom stereocenters. The molecule has 2 aliphatic rings. The molecule has 1 spiro atoms. The third-order valence-corrected chi connectivity index (χ3v) is 5.50. The molecule has 3 heterocycles. The SMILES string of the molecule is COC(=O)c1cncnc1N1CCC2(CC1)OCCc1cccc(OC)c12. The number of hydrogen-bond acceptors (Lipinski definition) is 7. The van der Waals surface area contributed by atoms with E-state index in [1.165, 1.54) is 30.8 Å². The number of esters is 1. The fraction of sp³-hybridized carbons (Fsp3) is 0.450. The number of nitrogens with zero attached hydrogens (tertiary/aromatic N) is 3. The average Bonchev–Trinajstić information content (AvgIpc) is 2.73. The molecule has 27 heavy (non-hydrogen) atoms. The number of aromatic nitrogens is 2. The van der Waals surface area contributed by atoms with Crippen molar-refractivity contribution in [1.29, 1.82) is 0 Å². The lowest BCUT2D eigenvalue weighted by Gasteiger charge is -2.45. The minimum atomic E-state index is -0.424. The lowest BCUT2D eigenvalue weighted by Crippen LogP contribution is -2.47. The van der Waals surface area contributed by atoms with Gasteiger partial charge in [0, 0.05) is 24.8 Å². The van der Waals surface area contributed by atoms with Gasteiger partial charge in [0.15, 0.2) is 0 Å². The summed E-state index contributed by atoms with van der Waals surface area (Å²) in [5.41, 5.74) is 2.51. The Kier molecular flexibility index (Phi) is 4.70. The van der Waals surface area contributed by atoms with Crippen molar-refractivity contribution in [3.8, 4) is 5.75 Å². The first-order valence-corrected chi connectivity index (χ1v) is 9.12. The molecule has 0 amide bonds. The predicted molar refractivity (Wildman–Crippen MR) is 99.1 cm³/mol. The van der Waals surface area contributed by atoms with Crippen LogP contribution < -0.4 is 9.64 Å². The molecule has 1 fully saturated rings. The summed E-state index contributed by atoms with van der Waals surface area (Å²) in [5.74, 6) is 1.08. The molecule has 0 N–H and O–H groups in total. The van der Waals surface area contributed by atoms with Crippen molar-refractivity contribution in [3.05, 3.63) is 47.4 Å². The van der Waals surface area contributed by atoms with Gasteiger partial charge in [-0.25, -0.2) is 14.8 Å². The zero-order chi connectivity index (χ0) is 18.9. The molecule has 2 aliphatic heterocycles. The standard InChI is InChI=1S/C20H23N3O4/c1-25-16-5-3-4-14-6-11-27-20(17(14)16)7-9-23(10-8-20)18-15(19(24)26-2)12-21-13-22-18/h3-5,12-13H,6-11H2,1-2H3. The van der Waals surface area contributed by atoms with Crippen LogP contribution in [-0.2, 0) is 21.5 Å². The van der Waals surface area contributed by atoms with Gasteiger partial charge in [0.1, 0.15) is 29.1 Å². The zero-order valence-electron chi connectivity index (χ0n) is 15.6. The van der Waals surface area contributed by atoms with Gasteiger partial charge < -0.3 is 19.1 Å². The molecule has 7 nitrogen and oxygen atoms in total. The van der Waals surface area contributed by atoms with E-state index in [9.17, 15) is 4.79 Å². The number of methoxy groups -OCH3 is 2. The molecule has 1 aromatic carbocycles. The van der Waals surface area contributed by atoms with Crippen molar-refractivity contribution >= 4 is 11.8 Å². The Balaban J connectivity index is 1.62. The summed E-state index contributed by atoms with van der Waals surface area (Å²) in [6.45, 7) is 2.15. The van der Waals surface area contributed by atoms with E-state index in [0.717, 1.165) is 38.1 Å². The number of carbonyl (C=O) groups excluding carboxylic acids is 1. The van der Waals surface area contributed by atoms with Crippen molar-refractivity contribution in [1.82, 2.24) is 9.97 Å². The maximum absolute atomic E-state index is 12.0. The molecule has 0 aliphatic carbocycles. The molecule has 0 saturated carbocycles. The highest BCUT2D eigenvalue weighted by atomic mass is 16.5. The van der Waals surface area contributed by atoms with Crippen LogP contribution in [0.4, 0.5) is 5.82 Å². The highest BCUT2D eigenvalue weighted by Gasteiger charge is 2.43. The molecular weight excluding hydrogens is 346 g/mol. The topological polar surface area (TPSA) is 73.8 Å². The van der Waals surface area contributed by atoms with Crippen molar-refractivity contribution < 1.29 is 19.0 Å². The van der Waals surface area contributed by atoms with Crippen LogP contribution in [0.15, 0.2) is 30.7 Å². The molecule has 7 heteroatoms. The van der Waals surface area contributed by atoms with Gasteiger partial charge in [-0.2, -0.15) is 0 Å². The Morgan fingerprint density at radius 2 is 2.07 bits per heavy atom. The van der Waals surface area contributed by atoms with E-state index in [0.29, 0.717) is 18.0 Å². The van der Waals surface area contributed by atoms with Gasteiger partial charge in [0.2, 0.25) is 0 Å². The Bertz CT molecular complexity index is 833. The maximum atomic E-state index is 12.0. The second-order valence-electron chi connectivity index (χ2n) is 6.83. The fourth-order valence-electron chi connectivity index (χ4n) is 4.20. The number of rotatable bonds is 3. The summed E-state index contributed by atoms with van der Waals surface area (Å²) < 4.78 is 16.8. The Morgan fingerprint density at radius 1 is 1.26 bits per heavy atom. The van der Waals surface area contributed by atoms with Crippen molar-refractivity contribution in [2.24, 2.45) is 0 Å². The number of anilines is 1. The molecule has 0 bridgehead atoms. The summed E-state index contributed by atoms with van der Waals surface area (Å²) in [7, 11) is 3.07. The van der Waals surface area contributed by atoms with E-state index in [1.807, 2.05) is 12.1 Å². The lowest BCUT2D eigenvalue weighted by atomic mass is 9.78. The number of ether oxygens (including phenoxy) is 3. The normalized spacial score (nSPS) is 18.1. The highest BCUT2D eigenvalue weighted by molar-refractivity contribution is 5.94. The first-order valence-electron chi connectivity index (χ1n) is 9.12. The summed E-state index contributed by atoms with van der Waals surface area (Å²) in [4.78, 5) is 22.4. The van der Waals surface area contributed by atoms with Crippen LogP contribution in [0, 0.1) is 0 Å². The minimum Gasteiger partial charge on any atom is -0.496 e. The van der Waals surface area contributed by atoms with Crippen LogP contribution in [0.25, 0.3) is 0 Å². The van der Waals surface area contributed by atoms with Crippen LogP contribution in [0.3, 0.4) is 0 Å². The van der Waals surface area contributed by atoms with Gasteiger partial charge in [-0.05, 0) is 30.9 Å². The Hall–Kier alpha value is -2.67. The van der Waals surface area contributed by atoms with E-state index in [1.54, 1.807) is 7.11 Å². The minimum absolute atomic E-state index is 0.352. The third kappa shape index (κ3) is 3.02. The van der Waals surface area contributed by atoms with Crippen LogP contribution in [0.2, 0.25) is 0 Å². The smallest absolute Gasteiger partial charge is 0.343 e. The predicted octanol–water partition coefficient (Wildman–Crippen LogP) is 2.34. The largest absolute Gasteiger partial charge is 0.496 e. The summed E-state index contributed by atoms with van der Waals surface area (Å²) in [5, 5.41) is 0. The van der Waals surface area contributed by atoms with Crippen LogP contribution in [0.5, 0.6) is 5.75 Å². The van der Waals surface area contributed by atoms with Crippen molar-refractivity contribution in [2.75, 3.05) is 38.8 Å². The molecule has 1 aromatic heterocycles. The molecule has 0 atom stereocenters.